The summed E-state index contributed by atoms with van der Waals surface area (Å²) in [6.45, 7) is 0.771. The number of fused-ring (bicyclic) bond motifs is 1. The third-order valence-corrected chi connectivity index (χ3v) is 4.33. The van der Waals surface area contributed by atoms with Crippen LogP contribution in [-0.2, 0) is 11.2 Å². The van der Waals surface area contributed by atoms with Crippen LogP contribution >= 0.6 is 0 Å². The number of carbonyl (C=O) groups is 1. The van der Waals surface area contributed by atoms with Crippen molar-refractivity contribution in [1.82, 2.24) is 10.6 Å². The molecule has 2 aliphatic rings. The molecule has 0 aromatic heterocycles. The molecular weight excluding hydrogens is 252 g/mol. The van der Waals surface area contributed by atoms with Crippen molar-refractivity contribution in [1.29, 1.82) is 0 Å². The van der Waals surface area contributed by atoms with Crippen molar-refractivity contribution < 1.29 is 9.53 Å². The zero-order valence-electron chi connectivity index (χ0n) is 11.9. The van der Waals surface area contributed by atoms with Gasteiger partial charge in [0.1, 0.15) is 5.75 Å². The van der Waals surface area contributed by atoms with Crippen LogP contribution in [0.1, 0.15) is 42.9 Å². The minimum atomic E-state index is -0.336. The average Bonchev–Trinajstić information content (AvgIpc) is 2.79. The summed E-state index contributed by atoms with van der Waals surface area (Å²) in [5, 5.41) is 6.26. The Hall–Kier alpha value is -1.55. The zero-order chi connectivity index (χ0) is 13.9. The molecule has 0 radical (unpaired) electrons. The minimum Gasteiger partial charge on any atom is -0.480 e. The van der Waals surface area contributed by atoms with Gasteiger partial charge in [0.25, 0.3) is 5.91 Å². The van der Waals surface area contributed by atoms with Gasteiger partial charge in [0.05, 0.1) is 0 Å². The molecule has 3 rings (SSSR count). The van der Waals surface area contributed by atoms with Gasteiger partial charge >= 0.3 is 0 Å². The zero-order valence-corrected chi connectivity index (χ0v) is 11.9. The van der Waals surface area contributed by atoms with E-state index in [1.807, 2.05) is 19.2 Å². The molecule has 4 nitrogen and oxygen atoms in total. The molecule has 0 bridgehead atoms. The van der Waals surface area contributed by atoms with Gasteiger partial charge in [-0.25, -0.2) is 0 Å². The molecule has 108 valence electrons. The molecule has 1 aromatic carbocycles. The molecule has 2 N–H and O–H groups in total. The molecule has 2 unspecified atom stereocenters. The van der Waals surface area contributed by atoms with E-state index in [0.717, 1.165) is 44.4 Å². The summed E-state index contributed by atoms with van der Waals surface area (Å²) < 4.78 is 6.04. The molecule has 1 fully saturated rings. The van der Waals surface area contributed by atoms with Gasteiger partial charge in [0, 0.05) is 12.6 Å². The minimum absolute atomic E-state index is 0.0308. The fraction of sp³-hybridized carbons (Fsp3) is 0.562. The third-order valence-electron chi connectivity index (χ3n) is 4.33. The van der Waals surface area contributed by atoms with Gasteiger partial charge in [0.15, 0.2) is 6.10 Å². The van der Waals surface area contributed by atoms with Gasteiger partial charge in [-0.3, -0.25) is 4.79 Å². The Balaban J connectivity index is 1.81. The number of benzene rings is 1. The summed E-state index contributed by atoms with van der Waals surface area (Å²) in [4.78, 5) is 12.0. The lowest BCUT2D eigenvalue weighted by molar-refractivity contribution is -0.127. The molecule has 1 aliphatic carbocycles. The summed E-state index contributed by atoms with van der Waals surface area (Å²) in [5.74, 6) is 0.922. The normalized spacial score (nSPS) is 25.8. The first kappa shape index (κ1) is 13.4. The van der Waals surface area contributed by atoms with E-state index in [-0.39, 0.29) is 12.0 Å². The lowest BCUT2D eigenvalue weighted by Crippen LogP contribution is -2.36. The third kappa shape index (κ3) is 2.52. The highest BCUT2D eigenvalue weighted by molar-refractivity contribution is 5.81. The standard InChI is InChI=1S/C16H22N2O2/c1-17-13-9-8-12-11(13)5-4-7-14(12)20-15-6-2-3-10-18-16(15)19/h4-5,7,13,15,17H,2-3,6,8-10H2,1H3,(H,18,19). The quantitative estimate of drug-likeness (QED) is 0.885. The Morgan fingerprint density at radius 1 is 1.30 bits per heavy atom. The average molecular weight is 274 g/mol. The van der Waals surface area contributed by atoms with Crippen LogP contribution in [0.2, 0.25) is 0 Å². The van der Waals surface area contributed by atoms with Crippen molar-refractivity contribution in [3.05, 3.63) is 29.3 Å². The summed E-state index contributed by atoms with van der Waals surface area (Å²) in [6, 6.07) is 6.59. The SMILES string of the molecule is CNC1CCc2c(OC3CCCCNC3=O)cccc21. The fourth-order valence-corrected chi connectivity index (χ4v) is 3.21. The van der Waals surface area contributed by atoms with E-state index < -0.39 is 0 Å². The Morgan fingerprint density at radius 3 is 3.05 bits per heavy atom. The van der Waals surface area contributed by atoms with E-state index in [1.54, 1.807) is 0 Å². The molecule has 0 saturated carbocycles. The van der Waals surface area contributed by atoms with E-state index in [2.05, 4.69) is 16.7 Å². The molecule has 20 heavy (non-hydrogen) atoms. The van der Waals surface area contributed by atoms with Crippen molar-refractivity contribution in [2.24, 2.45) is 0 Å². The number of rotatable bonds is 3. The largest absolute Gasteiger partial charge is 0.480 e. The Kier molecular flexibility index (Phi) is 3.92. The van der Waals surface area contributed by atoms with Crippen molar-refractivity contribution >= 4 is 5.91 Å². The molecule has 1 heterocycles. The van der Waals surface area contributed by atoms with Crippen LogP contribution in [0.5, 0.6) is 5.75 Å². The van der Waals surface area contributed by atoms with E-state index in [9.17, 15) is 4.79 Å². The van der Waals surface area contributed by atoms with Crippen LogP contribution in [-0.4, -0.2) is 25.6 Å². The van der Waals surface area contributed by atoms with Crippen LogP contribution in [0.4, 0.5) is 0 Å². The topological polar surface area (TPSA) is 50.4 Å². The van der Waals surface area contributed by atoms with Crippen LogP contribution in [0.3, 0.4) is 0 Å². The second-order valence-corrected chi connectivity index (χ2v) is 5.60. The molecule has 1 saturated heterocycles. The van der Waals surface area contributed by atoms with Crippen LogP contribution in [0.25, 0.3) is 0 Å². The maximum atomic E-state index is 12.0. The van der Waals surface area contributed by atoms with E-state index in [0.29, 0.717) is 6.04 Å². The highest BCUT2D eigenvalue weighted by Gasteiger charge is 2.27. The fourth-order valence-electron chi connectivity index (χ4n) is 3.21. The highest BCUT2D eigenvalue weighted by Crippen LogP contribution is 2.37. The van der Waals surface area contributed by atoms with E-state index >= 15 is 0 Å². The summed E-state index contributed by atoms with van der Waals surface area (Å²) in [5.41, 5.74) is 2.59. The second kappa shape index (κ2) is 5.83. The van der Waals surface area contributed by atoms with E-state index in [4.69, 9.17) is 4.74 Å². The lowest BCUT2D eigenvalue weighted by Gasteiger charge is -2.18. The molecule has 1 aliphatic heterocycles. The van der Waals surface area contributed by atoms with Crippen molar-refractivity contribution in [3.8, 4) is 5.75 Å². The maximum Gasteiger partial charge on any atom is 0.261 e. The first-order valence-corrected chi connectivity index (χ1v) is 7.53. The summed E-state index contributed by atoms with van der Waals surface area (Å²) >= 11 is 0. The van der Waals surface area contributed by atoms with Gasteiger partial charge in [-0.2, -0.15) is 0 Å². The number of hydrogen-bond donors (Lipinski definition) is 2. The van der Waals surface area contributed by atoms with Crippen LogP contribution in [0.15, 0.2) is 18.2 Å². The monoisotopic (exact) mass is 274 g/mol. The van der Waals surface area contributed by atoms with Crippen molar-refractivity contribution in [3.63, 3.8) is 0 Å². The lowest BCUT2D eigenvalue weighted by atomic mass is 10.1. The predicted octanol–water partition coefficient (Wildman–Crippen LogP) is 1.94. The molecule has 4 heteroatoms. The summed E-state index contributed by atoms with van der Waals surface area (Å²) in [7, 11) is 1.99. The molecule has 1 amide bonds. The van der Waals surface area contributed by atoms with Gasteiger partial charge in [-0.15, -0.1) is 0 Å². The first-order chi connectivity index (χ1) is 9.79. The van der Waals surface area contributed by atoms with Crippen molar-refractivity contribution in [2.75, 3.05) is 13.6 Å². The number of nitrogens with one attached hydrogen (secondary N) is 2. The molecular formula is C16H22N2O2. The van der Waals surface area contributed by atoms with Gasteiger partial charge < -0.3 is 15.4 Å². The maximum absolute atomic E-state index is 12.0. The van der Waals surface area contributed by atoms with E-state index in [1.165, 1.54) is 11.1 Å². The second-order valence-electron chi connectivity index (χ2n) is 5.60. The van der Waals surface area contributed by atoms with Gasteiger partial charge in [-0.05, 0) is 56.3 Å². The first-order valence-electron chi connectivity index (χ1n) is 7.53. The van der Waals surface area contributed by atoms with Crippen LogP contribution < -0.4 is 15.4 Å². The number of carbonyl (C=O) groups excluding carboxylic acids is 1. The predicted molar refractivity (Wildman–Crippen MR) is 77.8 cm³/mol. The Morgan fingerprint density at radius 2 is 2.20 bits per heavy atom. The molecule has 0 spiro atoms. The van der Waals surface area contributed by atoms with Gasteiger partial charge in [-0.1, -0.05) is 12.1 Å². The van der Waals surface area contributed by atoms with Crippen molar-refractivity contribution in [2.45, 2.75) is 44.2 Å². The van der Waals surface area contributed by atoms with Gasteiger partial charge in [0.2, 0.25) is 0 Å². The number of hydrogen-bond acceptors (Lipinski definition) is 3. The Labute approximate surface area is 119 Å². The highest BCUT2D eigenvalue weighted by atomic mass is 16.5. The number of amides is 1. The molecule has 1 aromatic rings. The van der Waals surface area contributed by atoms with Crippen LogP contribution in [0, 0.1) is 0 Å². The smallest absolute Gasteiger partial charge is 0.261 e. The summed E-state index contributed by atoms with van der Waals surface area (Å²) in [6.07, 6.45) is 4.68. The molecule has 2 atom stereocenters. The Bertz CT molecular complexity index is 501. The number of ether oxygens (including phenoxy) is 1.